The maximum Gasteiger partial charge on any atom is 0.357 e. The summed E-state index contributed by atoms with van der Waals surface area (Å²) in [6.07, 6.45) is 0. The van der Waals surface area contributed by atoms with Crippen molar-refractivity contribution in [2.24, 2.45) is 0 Å². The Labute approximate surface area is 118 Å². The van der Waals surface area contributed by atoms with E-state index >= 15 is 0 Å². The fraction of sp³-hybridized carbons (Fsp3) is 0.182. The molecule has 0 atom stereocenters. The minimum atomic E-state index is -3.89. The molecule has 6 nitrogen and oxygen atoms in total. The first kappa shape index (κ1) is 14.6. The van der Waals surface area contributed by atoms with Crippen molar-refractivity contribution >= 4 is 38.3 Å². The number of nitrogens with zero attached hydrogens (tertiary/aromatic N) is 2. The number of rotatable bonds is 3. The molecule has 1 aromatic heterocycles. The summed E-state index contributed by atoms with van der Waals surface area (Å²) in [5.74, 6) is -2.66. The molecule has 0 fully saturated rings. The molecule has 0 saturated carbocycles. The summed E-state index contributed by atoms with van der Waals surface area (Å²) in [6.45, 7) is 1.36. The van der Waals surface area contributed by atoms with Gasteiger partial charge in [0.1, 0.15) is 10.7 Å². The van der Waals surface area contributed by atoms with Crippen LogP contribution in [0.15, 0.2) is 17.0 Å². The molecule has 106 valence electrons. The molecule has 2 aromatic rings. The molecule has 0 aliphatic rings. The normalized spacial score (nSPS) is 11.8. The third-order valence-electron chi connectivity index (χ3n) is 2.65. The van der Waals surface area contributed by atoms with Gasteiger partial charge in [0, 0.05) is 11.5 Å². The average molecular weight is 319 g/mol. The van der Waals surface area contributed by atoms with Gasteiger partial charge in [0.2, 0.25) is 0 Å². The maximum atomic E-state index is 13.4. The molecule has 0 aliphatic carbocycles. The number of sulfone groups is 1. The zero-order valence-electron chi connectivity index (χ0n) is 10.1. The highest BCUT2D eigenvalue weighted by Crippen LogP contribution is 2.29. The highest BCUT2D eigenvalue weighted by atomic mass is 35.5. The zero-order chi connectivity index (χ0) is 15.1. The van der Waals surface area contributed by atoms with Gasteiger partial charge in [-0.2, -0.15) is 0 Å². The Hall–Kier alpha value is -1.80. The van der Waals surface area contributed by atoms with Crippen LogP contribution in [0, 0.1) is 5.82 Å². The first-order valence-corrected chi connectivity index (χ1v) is 7.42. The molecule has 9 heteroatoms. The molecular formula is C11H8ClFN2O4S. The van der Waals surface area contributed by atoms with Gasteiger partial charge in [-0.05, 0) is 6.07 Å². The van der Waals surface area contributed by atoms with Gasteiger partial charge in [0.25, 0.3) is 0 Å². The largest absolute Gasteiger partial charge is 0.476 e. The number of carboxylic acids is 1. The SMILES string of the molecule is CCS(=O)(=O)c1c(C(=O)O)nnc2cc(F)c(Cl)cc12. The van der Waals surface area contributed by atoms with Crippen LogP contribution < -0.4 is 0 Å². The quantitative estimate of drug-likeness (QED) is 0.928. The number of halogens is 2. The number of benzene rings is 1. The Morgan fingerprint density at radius 1 is 1.40 bits per heavy atom. The third kappa shape index (κ3) is 2.32. The number of carboxylic acid groups (broad SMARTS) is 1. The lowest BCUT2D eigenvalue weighted by atomic mass is 10.2. The van der Waals surface area contributed by atoms with Crippen molar-refractivity contribution in [2.75, 3.05) is 5.75 Å². The number of hydrogen-bond acceptors (Lipinski definition) is 5. The Bertz CT molecular complexity index is 823. The standard InChI is InChI=1S/C11H8ClFN2O4S/c1-2-20(18,19)10-5-3-6(12)7(13)4-8(5)14-15-9(10)11(16)17/h3-4H,2H2,1H3,(H,16,17). The highest BCUT2D eigenvalue weighted by Gasteiger charge is 2.27. The van der Waals surface area contributed by atoms with Crippen molar-refractivity contribution in [3.05, 3.63) is 28.7 Å². The highest BCUT2D eigenvalue weighted by molar-refractivity contribution is 7.91. The van der Waals surface area contributed by atoms with E-state index in [0.717, 1.165) is 12.1 Å². The lowest BCUT2D eigenvalue weighted by Gasteiger charge is -2.09. The second-order valence-corrected chi connectivity index (χ2v) is 6.49. The predicted molar refractivity (Wildman–Crippen MR) is 69.2 cm³/mol. The lowest BCUT2D eigenvalue weighted by molar-refractivity contribution is 0.0685. The molecule has 20 heavy (non-hydrogen) atoms. The molecule has 0 bridgehead atoms. The molecule has 1 aromatic carbocycles. The third-order valence-corrected chi connectivity index (χ3v) is 4.73. The molecule has 0 saturated heterocycles. The van der Waals surface area contributed by atoms with Crippen molar-refractivity contribution in [3.8, 4) is 0 Å². The number of fused-ring (bicyclic) bond motifs is 1. The van der Waals surface area contributed by atoms with E-state index in [0.29, 0.717) is 0 Å². The summed E-state index contributed by atoms with van der Waals surface area (Å²) in [5.41, 5.74) is -0.786. The van der Waals surface area contributed by atoms with Gasteiger partial charge in [0.15, 0.2) is 15.5 Å². The summed E-state index contributed by atoms with van der Waals surface area (Å²) in [7, 11) is -3.89. The number of carbonyl (C=O) groups is 1. The summed E-state index contributed by atoms with van der Waals surface area (Å²) in [5, 5.41) is 15.5. The molecule has 0 spiro atoms. The monoisotopic (exact) mass is 318 g/mol. The lowest BCUT2D eigenvalue weighted by Crippen LogP contribution is -2.14. The minimum Gasteiger partial charge on any atom is -0.476 e. The summed E-state index contributed by atoms with van der Waals surface area (Å²) in [6, 6.07) is 1.95. The van der Waals surface area contributed by atoms with Crippen molar-refractivity contribution in [3.63, 3.8) is 0 Å². The first-order valence-electron chi connectivity index (χ1n) is 5.39. The van der Waals surface area contributed by atoms with E-state index in [1.807, 2.05) is 0 Å². The molecule has 0 unspecified atom stereocenters. The number of hydrogen-bond donors (Lipinski definition) is 1. The molecule has 0 aliphatic heterocycles. The van der Waals surface area contributed by atoms with Crippen molar-refractivity contribution < 1.29 is 22.7 Å². The summed E-state index contributed by atoms with van der Waals surface area (Å²) < 4.78 is 37.5. The smallest absolute Gasteiger partial charge is 0.357 e. The van der Waals surface area contributed by atoms with Crippen molar-refractivity contribution in [2.45, 2.75) is 11.8 Å². The molecule has 0 radical (unpaired) electrons. The van der Waals surface area contributed by atoms with E-state index in [2.05, 4.69) is 10.2 Å². The van der Waals surface area contributed by atoms with Gasteiger partial charge < -0.3 is 5.11 Å². The summed E-state index contributed by atoms with van der Waals surface area (Å²) in [4.78, 5) is 10.6. The second-order valence-electron chi connectivity index (χ2n) is 3.87. The topological polar surface area (TPSA) is 97.2 Å². The predicted octanol–water partition coefficient (Wildman–Crippen LogP) is 1.91. The van der Waals surface area contributed by atoms with Crippen LogP contribution in [0.25, 0.3) is 10.9 Å². The fourth-order valence-corrected chi connectivity index (χ4v) is 3.05. The Morgan fingerprint density at radius 2 is 2.05 bits per heavy atom. The number of aromatic carboxylic acids is 1. The van der Waals surface area contributed by atoms with E-state index in [1.165, 1.54) is 6.92 Å². The van der Waals surface area contributed by atoms with E-state index < -0.39 is 32.2 Å². The van der Waals surface area contributed by atoms with Gasteiger partial charge in [-0.25, -0.2) is 17.6 Å². The first-order chi connectivity index (χ1) is 9.27. The molecule has 2 rings (SSSR count). The van der Waals surface area contributed by atoms with Crippen LogP contribution in [0.4, 0.5) is 4.39 Å². The van der Waals surface area contributed by atoms with Gasteiger partial charge in [0.05, 0.1) is 16.3 Å². The van der Waals surface area contributed by atoms with E-state index in [-0.39, 0.29) is 21.7 Å². The zero-order valence-corrected chi connectivity index (χ0v) is 11.7. The van der Waals surface area contributed by atoms with Crippen LogP contribution in [0.5, 0.6) is 0 Å². The van der Waals surface area contributed by atoms with Crippen LogP contribution in [0.2, 0.25) is 5.02 Å². The minimum absolute atomic E-state index is 0.0642. The second kappa shape index (κ2) is 4.95. The van der Waals surface area contributed by atoms with Gasteiger partial charge in [-0.15, -0.1) is 10.2 Å². The molecule has 1 heterocycles. The molecule has 0 amide bonds. The van der Waals surface area contributed by atoms with Crippen LogP contribution in [-0.4, -0.2) is 35.4 Å². The van der Waals surface area contributed by atoms with Gasteiger partial charge in [-0.3, -0.25) is 0 Å². The Morgan fingerprint density at radius 3 is 2.60 bits per heavy atom. The van der Waals surface area contributed by atoms with E-state index in [1.54, 1.807) is 0 Å². The fourth-order valence-electron chi connectivity index (χ4n) is 1.68. The summed E-state index contributed by atoms with van der Waals surface area (Å²) >= 11 is 5.62. The number of aromatic nitrogens is 2. The van der Waals surface area contributed by atoms with Gasteiger partial charge in [-0.1, -0.05) is 18.5 Å². The van der Waals surface area contributed by atoms with Crippen LogP contribution >= 0.6 is 11.6 Å². The van der Waals surface area contributed by atoms with Crippen LogP contribution in [-0.2, 0) is 9.84 Å². The van der Waals surface area contributed by atoms with Crippen LogP contribution in [0.1, 0.15) is 17.4 Å². The van der Waals surface area contributed by atoms with Crippen molar-refractivity contribution in [1.29, 1.82) is 0 Å². The van der Waals surface area contributed by atoms with E-state index in [9.17, 15) is 17.6 Å². The van der Waals surface area contributed by atoms with Crippen LogP contribution in [0.3, 0.4) is 0 Å². The Balaban J connectivity index is 3.02. The molecule has 1 N–H and O–H groups in total. The van der Waals surface area contributed by atoms with E-state index in [4.69, 9.17) is 16.7 Å². The maximum absolute atomic E-state index is 13.4. The average Bonchev–Trinajstić information content (AvgIpc) is 2.38. The molecular weight excluding hydrogens is 311 g/mol. The van der Waals surface area contributed by atoms with Gasteiger partial charge >= 0.3 is 5.97 Å². The van der Waals surface area contributed by atoms with Crippen molar-refractivity contribution in [1.82, 2.24) is 10.2 Å². The Kier molecular flexibility index (Phi) is 3.61.